The standard InChI is InChI=1S/C14H15F2NO4/c15-9-3-4-11(12(16)6-9)14(19)21-8-13(18)17-7-10-2-1-5-20-10/h3-4,6,10H,1-2,5,7-8H2,(H,17,18)/t10-/m0/s1. The van der Waals surface area contributed by atoms with E-state index in [1.165, 1.54) is 0 Å². The number of rotatable bonds is 5. The van der Waals surface area contributed by atoms with Crippen molar-refractivity contribution in [3.8, 4) is 0 Å². The third-order valence-electron chi connectivity index (χ3n) is 3.04. The number of amides is 1. The molecule has 1 aromatic rings. The van der Waals surface area contributed by atoms with Crippen molar-refractivity contribution in [3.63, 3.8) is 0 Å². The van der Waals surface area contributed by atoms with Gasteiger partial charge in [0.15, 0.2) is 6.61 Å². The van der Waals surface area contributed by atoms with Gasteiger partial charge in [-0.25, -0.2) is 13.6 Å². The predicted molar refractivity (Wildman–Crippen MR) is 68.6 cm³/mol. The van der Waals surface area contributed by atoms with Crippen molar-refractivity contribution in [1.82, 2.24) is 5.32 Å². The molecule has 0 spiro atoms. The lowest BCUT2D eigenvalue weighted by Crippen LogP contribution is -2.34. The molecule has 1 saturated heterocycles. The Labute approximate surface area is 120 Å². The number of halogens is 2. The number of nitrogens with one attached hydrogen (secondary N) is 1. The van der Waals surface area contributed by atoms with Crippen LogP contribution in [-0.4, -0.2) is 37.7 Å². The molecule has 1 aliphatic rings. The van der Waals surface area contributed by atoms with E-state index in [9.17, 15) is 18.4 Å². The molecule has 1 aromatic carbocycles. The molecule has 21 heavy (non-hydrogen) atoms. The maximum Gasteiger partial charge on any atom is 0.341 e. The van der Waals surface area contributed by atoms with Crippen LogP contribution < -0.4 is 5.32 Å². The van der Waals surface area contributed by atoms with E-state index in [2.05, 4.69) is 10.1 Å². The summed E-state index contributed by atoms with van der Waals surface area (Å²) >= 11 is 0. The summed E-state index contributed by atoms with van der Waals surface area (Å²) in [6.45, 7) is 0.503. The lowest BCUT2D eigenvalue weighted by molar-refractivity contribution is -0.124. The number of hydrogen-bond acceptors (Lipinski definition) is 4. The minimum atomic E-state index is -1.03. The molecule has 1 heterocycles. The Hall–Kier alpha value is -2.02. The molecule has 0 aromatic heterocycles. The van der Waals surface area contributed by atoms with Crippen molar-refractivity contribution in [2.45, 2.75) is 18.9 Å². The summed E-state index contributed by atoms with van der Waals surface area (Å²) in [4.78, 5) is 23.0. The van der Waals surface area contributed by atoms with Crippen LogP contribution in [0.3, 0.4) is 0 Å². The largest absolute Gasteiger partial charge is 0.452 e. The Balaban J connectivity index is 1.76. The van der Waals surface area contributed by atoms with Gasteiger partial charge in [0, 0.05) is 19.2 Å². The minimum Gasteiger partial charge on any atom is -0.452 e. The first-order valence-corrected chi connectivity index (χ1v) is 6.57. The zero-order chi connectivity index (χ0) is 15.2. The number of carbonyl (C=O) groups excluding carboxylic acids is 2. The van der Waals surface area contributed by atoms with Crippen LogP contribution in [-0.2, 0) is 14.3 Å². The quantitative estimate of drug-likeness (QED) is 0.835. The normalized spacial score (nSPS) is 17.5. The van der Waals surface area contributed by atoms with Crippen molar-refractivity contribution in [1.29, 1.82) is 0 Å². The van der Waals surface area contributed by atoms with Crippen LogP contribution >= 0.6 is 0 Å². The van der Waals surface area contributed by atoms with Gasteiger partial charge in [-0.05, 0) is 25.0 Å². The van der Waals surface area contributed by atoms with Crippen molar-refractivity contribution in [3.05, 3.63) is 35.4 Å². The Morgan fingerprint density at radius 3 is 2.86 bits per heavy atom. The molecule has 0 saturated carbocycles. The fourth-order valence-corrected chi connectivity index (χ4v) is 1.95. The summed E-state index contributed by atoms with van der Waals surface area (Å²) in [7, 11) is 0. The molecule has 1 atom stereocenters. The Morgan fingerprint density at radius 2 is 2.19 bits per heavy atom. The highest BCUT2D eigenvalue weighted by Crippen LogP contribution is 2.11. The molecule has 1 amide bonds. The van der Waals surface area contributed by atoms with E-state index in [1.54, 1.807) is 0 Å². The highest BCUT2D eigenvalue weighted by atomic mass is 19.1. The molecule has 5 nitrogen and oxygen atoms in total. The maximum absolute atomic E-state index is 13.3. The van der Waals surface area contributed by atoms with Gasteiger partial charge in [-0.2, -0.15) is 0 Å². The molecule has 1 aliphatic heterocycles. The number of ether oxygens (including phenoxy) is 2. The number of esters is 1. The first-order chi connectivity index (χ1) is 10.1. The van der Waals surface area contributed by atoms with Crippen LogP contribution in [0.15, 0.2) is 18.2 Å². The summed E-state index contributed by atoms with van der Waals surface area (Å²) in [5.74, 6) is -3.33. The van der Waals surface area contributed by atoms with Gasteiger partial charge in [0.2, 0.25) is 0 Å². The van der Waals surface area contributed by atoms with Gasteiger partial charge in [0.25, 0.3) is 5.91 Å². The van der Waals surface area contributed by atoms with Crippen molar-refractivity contribution in [2.24, 2.45) is 0 Å². The number of benzene rings is 1. The van der Waals surface area contributed by atoms with Crippen LogP contribution in [0.1, 0.15) is 23.2 Å². The molecule has 0 unspecified atom stereocenters. The van der Waals surface area contributed by atoms with E-state index in [-0.39, 0.29) is 6.10 Å². The number of hydrogen-bond donors (Lipinski definition) is 1. The average molecular weight is 299 g/mol. The fraction of sp³-hybridized carbons (Fsp3) is 0.429. The van der Waals surface area contributed by atoms with Crippen LogP contribution in [0.4, 0.5) is 8.78 Å². The predicted octanol–water partition coefficient (Wildman–Crippen LogP) is 1.42. The molecule has 2 rings (SSSR count). The average Bonchev–Trinajstić information content (AvgIpc) is 2.95. The SMILES string of the molecule is O=C(COC(=O)c1ccc(F)cc1F)NC[C@@H]1CCCO1. The zero-order valence-corrected chi connectivity index (χ0v) is 11.2. The second-order valence-electron chi connectivity index (χ2n) is 4.64. The Kier molecular flexibility index (Phi) is 5.21. The van der Waals surface area contributed by atoms with Gasteiger partial charge >= 0.3 is 5.97 Å². The lowest BCUT2D eigenvalue weighted by atomic mass is 10.2. The van der Waals surface area contributed by atoms with Crippen LogP contribution in [0.5, 0.6) is 0 Å². The van der Waals surface area contributed by atoms with Gasteiger partial charge in [0.05, 0.1) is 11.7 Å². The van der Waals surface area contributed by atoms with E-state index in [4.69, 9.17) is 4.74 Å². The van der Waals surface area contributed by atoms with Crippen molar-refractivity contribution >= 4 is 11.9 Å². The first kappa shape index (κ1) is 15.4. The van der Waals surface area contributed by atoms with Crippen LogP contribution in [0.2, 0.25) is 0 Å². The monoisotopic (exact) mass is 299 g/mol. The minimum absolute atomic E-state index is 0.0146. The van der Waals surface area contributed by atoms with Gasteiger partial charge in [-0.1, -0.05) is 0 Å². The molecule has 7 heteroatoms. The third kappa shape index (κ3) is 4.49. The lowest BCUT2D eigenvalue weighted by Gasteiger charge is -2.11. The summed E-state index contributed by atoms with van der Waals surface area (Å²) < 4.78 is 36.0. The second kappa shape index (κ2) is 7.12. The van der Waals surface area contributed by atoms with Crippen molar-refractivity contribution < 1.29 is 27.8 Å². The van der Waals surface area contributed by atoms with Gasteiger partial charge in [-0.3, -0.25) is 4.79 Å². The smallest absolute Gasteiger partial charge is 0.341 e. The summed E-state index contributed by atoms with van der Waals surface area (Å²) in [6.07, 6.45) is 1.82. The molecule has 0 radical (unpaired) electrons. The number of carbonyl (C=O) groups is 2. The fourth-order valence-electron chi connectivity index (χ4n) is 1.95. The topological polar surface area (TPSA) is 64.6 Å². The molecular formula is C14H15F2NO4. The zero-order valence-electron chi connectivity index (χ0n) is 11.2. The molecule has 0 aliphatic carbocycles. The molecule has 0 bridgehead atoms. The van der Waals surface area contributed by atoms with E-state index in [0.29, 0.717) is 19.2 Å². The highest BCUT2D eigenvalue weighted by Gasteiger charge is 2.18. The van der Waals surface area contributed by atoms with Gasteiger partial charge in [-0.15, -0.1) is 0 Å². The molecule has 114 valence electrons. The molecular weight excluding hydrogens is 284 g/mol. The highest BCUT2D eigenvalue weighted by molar-refractivity contribution is 5.91. The van der Waals surface area contributed by atoms with Crippen LogP contribution in [0.25, 0.3) is 0 Å². The van der Waals surface area contributed by atoms with Crippen LogP contribution in [0, 0.1) is 11.6 Å². The van der Waals surface area contributed by atoms with E-state index in [0.717, 1.165) is 25.0 Å². The Bertz CT molecular complexity index is 530. The molecule has 1 N–H and O–H groups in total. The summed E-state index contributed by atoms with van der Waals surface area (Å²) in [6, 6.07) is 2.49. The third-order valence-corrected chi connectivity index (χ3v) is 3.04. The van der Waals surface area contributed by atoms with E-state index >= 15 is 0 Å². The van der Waals surface area contributed by atoms with Crippen molar-refractivity contribution in [2.75, 3.05) is 19.8 Å². The molecule has 1 fully saturated rings. The maximum atomic E-state index is 13.3. The second-order valence-corrected chi connectivity index (χ2v) is 4.64. The van der Waals surface area contributed by atoms with E-state index < -0.39 is 35.7 Å². The van der Waals surface area contributed by atoms with Gasteiger partial charge in [0.1, 0.15) is 11.6 Å². The summed E-state index contributed by atoms with van der Waals surface area (Å²) in [5, 5.41) is 2.56. The Morgan fingerprint density at radius 1 is 1.38 bits per heavy atom. The van der Waals surface area contributed by atoms with E-state index in [1.807, 2.05) is 0 Å². The first-order valence-electron chi connectivity index (χ1n) is 6.57. The van der Waals surface area contributed by atoms with Gasteiger partial charge < -0.3 is 14.8 Å². The summed E-state index contributed by atoms with van der Waals surface area (Å²) in [5.41, 5.74) is -0.414.